The monoisotopic (exact) mass is 476 g/mol. The van der Waals surface area contributed by atoms with Crippen LogP contribution in [0.25, 0.3) is 0 Å². The van der Waals surface area contributed by atoms with Crippen LogP contribution in [0.2, 0.25) is 0 Å². The zero-order valence-corrected chi connectivity index (χ0v) is 19.1. The number of fused-ring (bicyclic) bond motifs is 4. The number of hydrogen-bond donors (Lipinski definition) is 4. The van der Waals surface area contributed by atoms with Crippen LogP contribution in [0.3, 0.4) is 0 Å². The lowest BCUT2D eigenvalue weighted by Gasteiger charge is -2.05. The summed E-state index contributed by atoms with van der Waals surface area (Å²) in [6, 6.07) is 12.5. The van der Waals surface area contributed by atoms with E-state index in [-0.39, 0.29) is 49.8 Å². The summed E-state index contributed by atoms with van der Waals surface area (Å²) in [6.45, 7) is 0.229. The fourth-order valence-electron chi connectivity index (χ4n) is 2.86. The van der Waals surface area contributed by atoms with Gasteiger partial charge in [0.15, 0.2) is 0 Å². The molecule has 0 unspecified atom stereocenters. The fourth-order valence-corrected chi connectivity index (χ4v) is 2.86. The second kappa shape index (κ2) is 13.3. The molecule has 36 heavy (non-hydrogen) atoms. The number of carbonyl (C=O) groups excluding carboxylic acids is 4. The van der Waals surface area contributed by atoms with E-state index >= 15 is 0 Å². The Kier molecular flexibility index (Phi) is 9.31. The molecule has 0 aromatic heterocycles. The van der Waals surface area contributed by atoms with Gasteiger partial charge in [-0.1, -0.05) is 35.8 Å². The second-order valence-corrected chi connectivity index (χ2v) is 7.10. The van der Waals surface area contributed by atoms with Crippen LogP contribution in [0.1, 0.15) is 41.4 Å². The Labute approximate surface area is 208 Å². The van der Waals surface area contributed by atoms with Crippen molar-refractivity contribution < 1.29 is 19.2 Å². The SMILES string of the molecule is O=C1NCC#CC#CCNC(=O)c2cccc(c2)C(=O)NCC#CC#CCNC(=O)c2cccc1c2. The van der Waals surface area contributed by atoms with Crippen molar-refractivity contribution >= 4 is 23.6 Å². The van der Waals surface area contributed by atoms with Crippen molar-refractivity contribution in [2.45, 2.75) is 0 Å². The molecule has 4 bridgehead atoms. The Morgan fingerprint density at radius 2 is 0.694 bits per heavy atom. The van der Waals surface area contributed by atoms with Gasteiger partial charge in [0.05, 0.1) is 26.2 Å². The van der Waals surface area contributed by atoms with E-state index in [1.165, 1.54) is 12.1 Å². The number of amides is 4. The third-order valence-corrected chi connectivity index (χ3v) is 4.60. The molecule has 0 spiro atoms. The first kappa shape index (κ1) is 25.2. The molecule has 0 atom stereocenters. The highest BCUT2D eigenvalue weighted by Gasteiger charge is 2.10. The minimum absolute atomic E-state index is 0.0573. The molecule has 0 saturated heterocycles. The van der Waals surface area contributed by atoms with E-state index in [4.69, 9.17) is 0 Å². The van der Waals surface area contributed by atoms with E-state index in [2.05, 4.69) is 68.6 Å². The van der Waals surface area contributed by atoms with Crippen LogP contribution in [0.15, 0.2) is 48.5 Å². The van der Waals surface area contributed by atoms with Gasteiger partial charge in [0.25, 0.3) is 23.6 Å². The summed E-state index contributed by atoms with van der Waals surface area (Å²) < 4.78 is 0. The van der Waals surface area contributed by atoms with Crippen LogP contribution in [0.4, 0.5) is 0 Å². The summed E-state index contributed by atoms with van der Waals surface area (Å²) >= 11 is 0. The molecule has 0 radical (unpaired) electrons. The highest BCUT2D eigenvalue weighted by atomic mass is 16.2. The molecule has 1 aliphatic heterocycles. The molecule has 2 aromatic carbocycles. The molecule has 4 N–H and O–H groups in total. The van der Waals surface area contributed by atoms with Crippen molar-refractivity contribution in [3.8, 4) is 47.4 Å². The maximum Gasteiger partial charge on any atom is 0.252 e. The molecule has 2 aromatic rings. The fraction of sp³-hybridized carbons (Fsp3) is 0.143. The molecule has 0 saturated carbocycles. The van der Waals surface area contributed by atoms with Gasteiger partial charge in [-0.15, -0.1) is 0 Å². The normalized spacial score (nSPS) is 14.2. The first-order chi connectivity index (χ1) is 17.5. The third-order valence-electron chi connectivity index (χ3n) is 4.60. The average Bonchev–Trinajstić information content (AvgIpc) is 2.90. The molecule has 3 rings (SSSR count). The number of hydrogen-bond acceptors (Lipinski definition) is 4. The van der Waals surface area contributed by atoms with E-state index in [0.717, 1.165) is 0 Å². The molecule has 176 valence electrons. The predicted molar refractivity (Wildman–Crippen MR) is 133 cm³/mol. The van der Waals surface area contributed by atoms with Crippen molar-refractivity contribution in [1.29, 1.82) is 0 Å². The summed E-state index contributed by atoms with van der Waals surface area (Å²) in [5.74, 6) is 19.6. The first-order valence-electron chi connectivity index (χ1n) is 10.8. The van der Waals surface area contributed by atoms with Gasteiger partial charge in [0, 0.05) is 22.3 Å². The van der Waals surface area contributed by atoms with Gasteiger partial charge >= 0.3 is 0 Å². The zero-order chi connectivity index (χ0) is 25.6. The summed E-state index contributed by atoms with van der Waals surface area (Å²) in [5.41, 5.74) is 1.23. The summed E-state index contributed by atoms with van der Waals surface area (Å²) in [6.07, 6.45) is 0. The maximum absolute atomic E-state index is 12.3. The zero-order valence-electron chi connectivity index (χ0n) is 19.1. The van der Waals surface area contributed by atoms with E-state index in [9.17, 15) is 19.2 Å². The van der Waals surface area contributed by atoms with Gasteiger partial charge in [0.2, 0.25) is 0 Å². The second-order valence-electron chi connectivity index (χ2n) is 7.10. The van der Waals surface area contributed by atoms with Gasteiger partial charge in [-0.25, -0.2) is 0 Å². The smallest absolute Gasteiger partial charge is 0.252 e. The Hall–Kier alpha value is -5.44. The molecule has 4 amide bonds. The number of benzene rings is 2. The van der Waals surface area contributed by atoms with Crippen LogP contribution in [0, 0.1) is 47.4 Å². The molecule has 1 heterocycles. The first-order valence-corrected chi connectivity index (χ1v) is 10.8. The minimum Gasteiger partial charge on any atom is -0.341 e. The maximum atomic E-state index is 12.3. The van der Waals surface area contributed by atoms with Crippen LogP contribution in [-0.4, -0.2) is 49.8 Å². The summed E-state index contributed by atoms with van der Waals surface area (Å²) in [4.78, 5) is 49.3. The summed E-state index contributed by atoms with van der Waals surface area (Å²) in [7, 11) is 0. The third kappa shape index (κ3) is 7.85. The van der Waals surface area contributed by atoms with Crippen LogP contribution >= 0.6 is 0 Å². The van der Waals surface area contributed by atoms with Crippen molar-refractivity contribution in [1.82, 2.24) is 21.3 Å². The lowest BCUT2D eigenvalue weighted by Crippen LogP contribution is -2.26. The lowest BCUT2D eigenvalue weighted by atomic mass is 10.1. The van der Waals surface area contributed by atoms with Crippen LogP contribution in [0.5, 0.6) is 0 Å². The van der Waals surface area contributed by atoms with Crippen LogP contribution < -0.4 is 21.3 Å². The Balaban J connectivity index is 1.74. The molecule has 8 nitrogen and oxygen atoms in total. The van der Waals surface area contributed by atoms with Crippen LogP contribution in [-0.2, 0) is 0 Å². The Bertz CT molecular complexity index is 1230. The molecule has 0 aliphatic carbocycles. The van der Waals surface area contributed by atoms with Crippen molar-refractivity contribution in [2.75, 3.05) is 26.2 Å². The van der Waals surface area contributed by atoms with Gasteiger partial charge in [-0.2, -0.15) is 0 Å². The van der Waals surface area contributed by atoms with E-state index in [0.29, 0.717) is 22.3 Å². The van der Waals surface area contributed by atoms with Crippen molar-refractivity contribution in [2.24, 2.45) is 0 Å². The Morgan fingerprint density at radius 1 is 0.444 bits per heavy atom. The number of nitrogens with one attached hydrogen (secondary N) is 4. The molecule has 1 aliphatic rings. The number of rotatable bonds is 0. The van der Waals surface area contributed by atoms with Crippen molar-refractivity contribution in [3.05, 3.63) is 70.8 Å². The quantitative estimate of drug-likeness (QED) is 0.410. The van der Waals surface area contributed by atoms with Gasteiger partial charge < -0.3 is 21.3 Å². The van der Waals surface area contributed by atoms with Gasteiger partial charge in [-0.3, -0.25) is 19.2 Å². The predicted octanol–water partition coefficient (Wildman–Crippen LogP) is 0.333. The average molecular weight is 476 g/mol. The number of carbonyl (C=O) groups is 4. The van der Waals surface area contributed by atoms with E-state index < -0.39 is 0 Å². The van der Waals surface area contributed by atoms with E-state index in [1.54, 1.807) is 36.4 Å². The topological polar surface area (TPSA) is 116 Å². The molecular formula is C28H20N4O4. The molecular weight excluding hydrogens is 456 g/mol. The summed E-state index contributed by atoms with van der Waals surface area (Å²) in [5, 5.41) is 10.5. The Morgan fingerprint density at radius 3 is 0.944 bits per heavy atom. The largest absolute Gasteiger partial charge is 0.341 e. The molecule has 0 fully saturated rings. The highest BCUT2D eigenvalue weighted by molar-refractivity contribution is 6.00. The minimum atomic E-state index is -0.384. The highest BCUT2D eigenvalue weighted by Crippen LogP contribution is 2.06. The lowest BCUT2D eigenvalue weighted by molar-refractivity contribution is 0.0943. The molecule has 8 heteroatoms. The van der Waals surface area contributed by atoms with Gasteiger partial charge in [0.1, 0.15) is 0 Å². The van der Waals surface area contributed by atoms with E-state index in [1.807, 2.05) is 0 Å². The standard InChI is InChI=1S/C28H20N4O4/c33-25-21-11-9-13-23(19-21)27(35)31-17-7-3-4-8-18-32-28(36)24-14-10-12-22(20-24)26(34)30-16-6-2-1-5-15-29-25/h9-14,19-20H,15-18H2,(H,29,33)(H,30,34)(H,31,35)(H,32,36). The van der Waals surface area contributed by atoms with Gasteiger partial charge in [-0.05, 0) is 60.1 Å². The van der Waals surface area contributed by atoms with Crippen molar-refractivity contribution in [3.63, 3.8) is 0 Å².